The predicted molar refractivity (Wildman–Crippen MR) is 194 cm³/mol. The topological polar surface area (TPSA) is 84.0 Å². The van der Waals surface area contributed by atoms with Crippen LogP contribution < -0.4 is 37.0 Å². The van der Waals surface area contributed by atoms with Gasteiger partial charge in [0.05, 0.1) is 6.61 Å². The number of nitrogens with two attached hydrogens (primary N) is 1. The number of unbranched alkanes of at least 4 members (excludes halogenated alkanes) is 1. The maximum atomic E-state index is 17.0. The summed E-state index contributed by atoms with van der Waals surface area (Å²) < 4.78 is 23.0. The zero-order chi connectivity index (χ0) is 32.3. The summed E-state index contributed by atoms with van der Waals surface area (Å²) in [7, 11) is -3.20. The third kappa shape index (κ3) is 8.24. The molecule has 0 radical (unpaired) electrons. The summed E-state index contributed by atoms with van der Waals surface area (Å²) in [6, 6.07) is 45.4. The zero-order valence-electron chi connectivity index (χ0n) is 26.3. The van der Waals surface area contributed by atoms with Gasteiger partial charge >= 0.3 is 0 Å². The van der Waals surface area contributed by atoms with Crippen molar-refractivity contribution < 1.29 is 8.93 Å². The number of guanidine groups is 2. The number of benzene rings is 5. The monoisotopic (exact) mass is 644 g/mol. The molecule has 47 heavy (non-hydrogen) atoms. The van der Waals surface area contributed by atoms with Gasteiger partial charge in [-0.3, -0.25) is 10.3 Å². The Kier molecular flexibility index (Phi) is 10.6. The lowest BCUT2D eigenvalue weighted by atomic mass is 10.1. The fraction of sp³-hybridized carbons (Fsp3) is 0.179. The van der Waals surface area contributed by atoms with Gasteiger partial charge in [-0.15, -0.1) is 0 Å². The summed E-state index contributed by atoms with van der Waals surface area (Å²) >= 11 is 0. The molecule has 0 saturated carbocycles. The molecule has 0 spiro atoms. The Morgan fingerprint density at radius 1 is 0.681 bits per heavy atom. The number of hydrogen-bond donors (Lipinski definition) is 3. The van der Waals surface area contributed by atoms with Crippen molar-refractivity contribution >= 4 is 35.4 Å². The Balaban J connectivity index is 0.975. The first-order valence-corrected chi connectivity index (χ1v) is 17.7. The third-order valence-electron chi connectivity index (χ3n) is 8.14. The van der Waals surface area contributed by atoms with Crippen molar-refractivity contribution in [2.75, 3.05) is 13.2 Å². The van der Waals surface area contributed by atoms with Crippen molar-refractivity contribution in [3.8, 4) is 5.75 Å². The van der Waals surface area contributed by atoms with Crippen LogP contribution >= 0.6 is 7.57 Å². The number of hydrogen-bond acceptors (Lipinski definition) is 4. The van der Waals surface area contributed by atoms with Crippen LogP contribution in [-0.2, 0) is 12.8 Å². The minimum Gasteiger partial charge on any atom is -0.494 e. The maximum absolute atomic E-state index is 17.0. The number of rotatable bonds is 13. The van der Waals surface area contributed by atoms with Crippen molar-refractivity contribution in [1.29, 1.82) is 0 Å². The van der Waals surface area contributed by atoms with Gasteiger partial charge in [0, 0.05) is 6.54 Å². The van der Waals surface area contributed by atoms with Crippen LogP contribution in [0.25, 0.3) is 0 Å². The Labute approximate surface area is 277 Å². The number of ether oxygens (including phenoxy) is 1. The number of aryl methyl sites for hydroxylation is 1. The fourth-order valence-corrected chi connectivity index (χ4v) is 8.24. The van der Waals surface area contributed by atoms with Gasteiger partial charge in [-0.2, -0.15) is 0 Å². The highest BCUT2D eigenvalue weighted by molar-refractivity contribution is 7.91. The van der Waals surface area contributed by atoms with E-state index in [1.165, 1.54) is 11.1 Å². The van der Waals surface area contributed by atoms with Gasteiger partial charge in [-0.05, 0) is 95.1 Å². The minimum atomic E-state index is -3.20. The second-order valence-corrected chi connectivity index (χ2v) is 14.2. The largest absolute Gasteiger partial charge is 0.494 e. The van der Waals surface area contributed by atoms with Crippen LogP contribution in [0.4, 0.5) is 4.20 Å². The van der Waals surface area contributed by atoms with Crippen LogP contribution in [0.5, 0.6) is 5.75 Å². The SMILES string of the molecule is NC1=NC(c2ccc(OCCCCc3ccc([P+](F)(c4ccccc4)c4ccccc4)cc3)cc2)NC(=NCCc2ccccc2)N1. The first kappa shape index (κ1) is 32.0. The highest BCUT2D eigenvalue weighted by atomic mass is 31.2. The lowest BCUT2D eigenvalue weighted by Gasteiger charge is -2.24. The van der Waals surface area contributed by atoms with E-state index >= 15 is 4.20 Å². The molecular formula is C39H40FN5OP+. The molecular weight excluding hydrogens is 604 g/mol. The molecule has 0 aliphatic carbocycles. The molecule has 1 heterocycles. The van der Waals surface area contributed by atoms with E-state index in [9.17, 15) is 0 Å². The molecule has 5 aromatic carbocycles. The van der Waals surface area contributed by atoms with Crippen molar-refractivity contribution in [2.45, 2.75) is 31.8 Å². The summed E-state index contributed by atoms with van der Waals surface area (Å²) in [5.74, 6) is 1.76. The van der Waals surface area contributed by atoms with Crippen LogP contribution in [0, 0.1) is 0 Å². The normalized spacial score (nSPS) is 15.4. The molecule has 0 saturated heterocycles. The molecule has 0 amide bonds. The van der Waals surface area contributed by atoms with E-state index < -0.39 is 7.57 Å². The summed E-state index contributed by atoms with van der Waals surface area (Å²) in [4.78, 5) is 9.13. The zero-order valence-corrected chi connectivity index (χ0v) is 27.2. The fourth-order valence-electron chi connectivity index (χ4n) is 5.62. The average molecular weight is 645 g/mol. The minimum absolute atomic E-state index is 0.322. The van der Waals surface area contributed by atoms with E-state index in [-0.39, 0.29) is 6.17 Å². The lowest BCUT2D eigenvalue weighted by Crippen LogP contribution is -2.50. The summed E-state index contributed by atoms with van der Waals surface area (Å²) in [5.41, 5.74) is 9.46. The molecule has 1 atom stereocenters. The van der Waals surface area contributed by atoms with Crippen LogP contribution in [-0.4, -0.2) is 25.1 Å². The first-order chi connectivity index (χ1) is 23.1. The quantitative estimate of drug-likeness (QED) is 0.103. The smallest absolute Gasteiger partial charge is 0.298 e. The van der Waals surface area contributed by atoms with Gasteiger partial charge in [0.15, 0.2) is 18.1 Å². The molecule has 6 rings (SSSR count). The lowest BCUT2D eigenvalue weighted by molar-refractivity contribution is 0.307. The first-order valence-electron chi connectivity index (χ1n) is 16.1. The van der Waals surface area contributed by atoms with Crippen molar-refractivity contribution in [2.24, 2.45) is 15.7 Å². The van der Waals surface area contributed by atoms with E-state index in [1.807, 2.05) is 115 Å². The maximum Gasteiger partial charge on any atom is 0.298 e. The number of nitrogens with one attached hydrogen (secondary N) is 2. The highest BCUT2D eigenvalue weighted by Gasteiger charge is 2.47. The van der Waals surface area contributed by atoms with E-state index in [0.29, 0.717) is 25.1 Å². The Morgan fingerprint density at radius 2 is 1.26 bits per heavy atom. The molecule has 1 aliphatic rings. The predicted octanol–water partition coefficient (Wildman–Crippen LogP) is 6.37. The second-order valence-electron chi connectivity index (χ2n) is 11.5. The summed E-state index contributed by atoms with van der Waals surface area (Å²) in [6.07, 6.45) is 3.32. The van der Waals surface area contributed by atoms with Crippen molar-refractivity contribution in [3.63, 3.8) is 0 Å². The van der Waals surface area contributed by atoms with Crippen LogP contribution in [0.3, 0.4) is 0 Å². The molecule has 6 nitrogen and oxygen atoms in total. The molecule has 1 unspecified atom stereocenters. The van der Waals surface area contributed by atoms with Gasteiger partial charge < -0.3 is 15.8 Å². The number of nitrogens with zero attached hydrogens (tertiary/aromatic N) is 2. The van der Waals surface area contributed by atoms with Crippen molar-refractivity contribution in [1.82, 2.24) is 10.6 Å². The third-order valence-corrected chi connectivity index (χ3v) is 11.2. The van der Waals surface area contributed by atoms with E-state index in [1.54, 1.807) is 0 Å². The van der Waals surface area contributed by atoms with E-state index in [0.717, 1.165) is 52.9 Å². The highest BCUT2D eigenvalue weighted by Crippen LogP contribution is 2.56. The summed E-state index contributed by atoms with van der Waals surface area (Å²) in [6.45, 7) is 1.26. The van der Waals surface area contributed by atoms with Crippen LogP contribution in [0.15, 0.2) is 150 Å². The van der Waals surface area contributed by atoms with Crippen LogP contribution in [0.2, 0.25) is 0 Å². The second kappa shape index (κ2) is 15.5. The Bertz CT molecular complexity index is 1730. The van der Waals surface area contributed by atoms with Gasteiger partial charge in [-0.25, -0.2) is 4.99 Å². The Hall–Kier alpha value is -5.00. The van der Waals surface area contributed by atoms with Gasteiger partial charge in [0.2, 0.25) is 0 Å². The van der Waals surface area contributed by atoms with Gasteiger partial charge in [0.25, 0.3) is 7.57 Å². The van der Waals surface area contributed by atoms with E-state index in [2.05, 4.69) is 44.9 Å². The molecule has 238 valence electrons. The number of aliphatic imine (C=N–C) groups is 2. The van der Waals surface area contributed by atoms with Crippen LogP contribution in [0.1, 0.15) is 35.7 Å². The Morgan fingerprint density at radius 3 is 1.89 bits per heavy atom. The molecule has 1 aliphatic heterocycles. The van der Waals surface area contributed by atoms with Crippen molar-refractivity contribution in [3.05, 3.63) is 156 Å². The van der Waals surface area contributed by atoms with E-state index in [4.69, 9.17) is 10.5 Å². The molecule has 5 aromatic rings. The van der Waals surface area contributed by atoms with Gasteiger partial charge in [-0.1, -0.05) is 91.0 Å². The van der Waals surface area contributed by atoms with Gasteiger partial charge in [0.1, 0.15) is 21.7 Å². The molecule has 0 aromatic heterocycles. The molecule has 4 N–H and O–H groups in total. The number of halogens is 1. The molecule has 0 bridgehead atoms. The standard InChI is InChI=1S/C39H40FN5OP/c40-47(34-15-6-2-7-16-34,35-17-8-3-9-18-35)36-25-19-31(20-26-36)14-10-11-29-46-33-23-21-32(22-24-33)37-43-38(41)45-39(44-37)42-28-27-30-12-4-1-5-13-30/h1-9,12-13,15-26,37H,10-11,14,27-29H2,(H4,41,42,43,44,45)/q+1. The summed E-state index contributed by atoms with van der Waals surface area (Å²) in [5, 5.41) is 8.55. The molecule has 0 fully saturated rings. The molecule has 8 heteroatoms. The average Bonchev–Trinajstić information content (AvgIpc) is 3.13.